The fourth-order valence-corrected chi connectivity index (χ4v) is 4.11. The van der Waals surface area contributed by atoms with Crippen LogP contribution in [0, 0.1) is 13.8 Å². The van der Waals surface area contributed by atoms with Crippen LogP contribution in [0.5, 0.6) is 0 Å². The van der Waals surface area contributed by atoms with Crippen LogP contribution in [0.25, 0.3) is 22.4 Å². The number of imidazole rings is 1. The largest absolute Gasteiger partial charge is 0.332 e. The van der Waals surface area contributed by atoms with Gasteiger partial charge in [-0.25, -0.2) is 14.8 Å². The second-order valence-electron chi connectivity index (χ2n) is 7.09. The lowest BCUT2D eigenvalue weighted by atomic mass is 10.1. The summed E-state index contributed by atoms with van der Waals surface area (Å²) in [5.74, 6) is -0.339. The molecule has 0 radical (unpaired) electrons. The Balaban J connectivity index is 1.59. The van der Waals surface area contributed by atoms with Crippen LogP contribution < -0.4 is 16.6 Å². The number of amides is 1. The van der Waals surface area contributed by atoms with Gasteiger partial charge in [-0.1, -0.05) is 29.8 Å². The predicted molar refractivity (Wildman–Crippen MR) is 116 cm³/mol. The third-order valence-corrected chi connectivity index (χ3v) is 5.79. The average Bonchev–Trinajstić information content (AvgIpc) is 3.28. The number of carbonyl (C=O) groups is 1. The SMILES string of the molecule is Cc1ccc(-c2nc(NC(=O)Cn3cnc4c3c(=O)n(C)c(=O)n4C)sc2C)cc1. The maximum absolute atomic E-state index is 12.6. The van der Waals surface area contributed by atoms with Gasteiger partial charge in [0.1, 0.15) is 6.54 Å². The number of anilines is 1. The first-order chi connectivity index (χ1) is 14.3. The van der Waals surface area contributed by atoms with Crippen LogP contribution in [0.4, 0.5) is 5.13 Å². The zero-order chi connectivity index (χ0) is 21.6. The van der Waals surface area contributed by atoms with Crippen molar-refractivity contribution in [2.24, 2.45) is 14.1 Å². The normalized spacial score (nSPS) is 11.2. The molecule has 3 aromatic heterocycles. The monoisotopic (exact) mass is 424 g/mol. The lowest BCUT2D eigenvalue weighted by Gasteiger charge is -2.06. The molecule has 30 heavy (non-hydrogen) atoms. The Bertz CT molecular complexity index is 1390. The summed E-state index contributed by atoms with van der Waals surface area (Å²) in [6.45, 7) is 3.85. The smallest absolute Gasteiger partial charge is 0.315 e. The van der Waals surface area contributed by atoms with E-state index in [0.29, 0.717) is 5.13 Å². The van der Waals surface area contributed by atoms with E-state index in [1.165, 1.54) is 40.9 Å². The number of rotatable bonds is 4. The van der Waals surface area contributed by atoms with Crippen molar-refractivity contribution in [3.8, 4) is 11.3 Å². The fraction of sp³-hybridized carbons (Fsp3) is 0.250. The summed E-state index contributed by atoms with van der Waals surface area (Å²) in [5, 5.41) is 3.27. The molecule has 1 aromatic carbocycles. The van der Waals surface area contributed by atoms with Crippen molar-refractivity contribution < 1.29 is 4.79 Å². The molecule has 3 heterocycles. The number of thiazole rings is 1. The van der Waals surface area contributed by atoms with E-state index in [4.69, 9.17) is 0 Å². The molecule has 4 aromatic rings. The van der Waals surface area contributed by atoms with E-state index >= 15 is 0 Å². The molecule has 0 spiro atoms. The van der Waals surface area contributed by atoms with E-state index in [1.54, 1.807) is 0 Å². The van der Waals surface area contributed by atoms with E-state index in [-0.39, 0.29) is 23.6 Å². The lowest BCUT2D eigenvalue weighted by Crippen LogP contribution is -2.37. The van der Waals surface area contributed by atoms with E-state index in [0.717, 1.165) is 26.3 Å². The van der Waals surface area contributed by atoms with Gasteiger partial charge in [-0.2, -0.15) is 0 Å². The van der Waals surface area contributed by atoms with Gasteiger partial charge in [0.25, 0.3) is 5.56 Å². The first-order valence-corrected chi connectivity index (χ1v) is 10.0. The Morgan fingerprint density at radius 3 is 2.50 bits per heavy atom. The predicted octanol–water partition coefficient (Wildman–Crippen LogP) is 1.81. The molecule has 0 aliphatic rings. The van der Waals surface area contributed by atoms with Crippen LogP contribution in [0.2, 0.25) is 0 Å². The first-order valence-electron chi connectivity index (χ1n) is 9.21. The number of aromatic nitrogens is 5. The Morgan fingerprint density at radius 2 is 1.80 bits per heavy atom. The lowest BCUT2D eigenvalue weighted by molar-refractivity contribution is -0.116. The van der Waals surface area contributed by atoms with Crippen LogP contribution in [-0.2, 0) is 25.4 Å². The quantitative estimate of drug-likeness (QED) is 0.538. The minimum atomic E-state index is -0.495. The number of aryl methyl sites for hydroxylation is 3. The number of hydrogen-bond acceptors (Lipinski definition) is 6. The van der Waals surface area contributed by atoms with Gasteiger partial charge >= 0.3 is 5.69 Å². The Hall–Kier alpha value is -3.53. The second kappa shape index (κ2) is 7.38. The van der Waals surface area contributed by atoms with Crippen molar-refractivity contribution in [1.82, 2.24) is 23.7 Å². The Labute approximate surface area is 175 Å². The summed E-state index contributed by atoms with van der Waals surface area (Å²) in [6, 6.07) is 8.04. The highest BCUT2D eigenvalue weighted by atomic mass is 32.1. The maximum Gasteiger partial charge on any atom is 0.332 e. The fourth-order valence-electron chi connectivity index (χ4n) is 3.26. The van der Waals surface area contributed by atoms with Crippen molar-refractivity contribution in [1.29, 1.82) is 0 Å². The van der Waals surface area contributed by atoms with Crippen molar-refractivity contribution in [3.05, 3.63) is 61.9 Å². The number of benzene rings is 1. The van der Waals surface area contributed by atoms with Gasteiger partial charge in [0, 0.05) is 24.5 Å². The zero-order valence-electron chi connectivity index (χ0n) is 17.0. The molecule has 9 nitrogen and oxygen atoms in total. The van der Waals surface area contributed by atoms with Crippen LogP contribution in [0.1, 0.15) is 10.4 Å². The summed E-state index contributed by atoms with van der Waals surface area (Å²) < 4.78 is 3.72. The summed E-state index contributed by atoms with van der Waals surface area (Å²) in [5.41, 5.74) is 2.45. The molecule has 10 heteroatoms. The Kier molecular flexibility index (Phi) is 4.86. The van der Waals surface area contributed by atoms with E-state index in [1.807, 2.05) is 38.1 Å². The molecular weight excluding hydrogens is 404 g/mol. The molecule has 0 unspecified atom stereocenters. The van der Waals surface area contributed by atoms with Crippen LogP contribution in [0.15, 0.2) is 40.2 Å². The molecule has 0 aliphatic carbocycles. The average molecular weight is 424 g/mol. The molecule has 0 bridgehead atoms. The van der Waals surface area contributed by atoms with Gasteiger partial charge in [0.2, 0.25) is 5.91 Å². The van der Waals surface area contributed by atoms with Gasteiger partial charge in [0.15, 0.2) is 16.3 Å². The number of hydrogen-bond donors (Lipinski definition) is 1. The number of carbonyl (C=O) groups excluding carboxylic acids is 1. The summed E-state index contributed by atoms with van der Waals surface area (Å²) in [4.78, 5) is 46.8. The van der Waals surface area contributed by atoms with Crippen molar-refractivity contribution in [3.63, 3.8) is 0 Å². The van der Waals surface area contributed by atoms with E-state index < -0.39 is 11.2 Å². The Morgan fingerprint density at radius 1 is 1.10 bits per heavy atom. The van der Waals surface area contributed by atoms with Gasteiger partial charge in [-0.05, 0) is 13.8 Å². The van der Waals surface area contributed by atoms with E-state index in [9.17, 15) is 14.4 Å². The standard InChI is InChI=1S/C20H20N6O3S/c1-11-5-7-13(8-6-11)15-12(2)30-19(23-15)22-14(27)9-26-10-21-17-16(26)18(28)25(4)20(29)24(17)3/h5-8,10H,9H2,1-4H3,(H,22,23,27). The highest BCUT2D eigenvalue weighted by Crippen LogP contribution is 2.30. The van der Waals surface area contributed by atoms with Crippen LogP contribution in [0.3, 0.4) is 0 Å². The molecule has 0 aliphatic heterocycles. The second-order valence-corrected chi connectivity index (χ2v) is 8.29. The summed E-state index contributed by atoms with van der Waals surface area (Å²) >= 11 is 1.39. The first kappa shape index (κ1) is 19.8. The van der Waals surface area contributed by atoms with Crippen molar-refractivity contribution >= 4 is 33.5 Å². The highest BCUT2D eigenvalue weighted by molar-refractivity contribution is 7.16. The summed E-state index contributed by atoms with van der Waals surface area (Å²) in [7, 11) is 2.93. The molecule has 154 valence electrons. The summed E-state index contributed by atoms with van der Waals surface area (Å²) in [6.07, 6.45) is 1.38. The molecule has 0 atom stereocenters. The number of nitrogens with zero attached hydrogens (tertiary/aromatic N) is 5. The molecule has 0 saturated carbocycles. The van der Waals surface area contributed by atoms with Crippen LogP contribution >= 0.6 is 11.3 Å². The third kappa shape index (κ3) is 3.35. The molecule has 1 amide bonds. The topological polar surface area (TPSA) is 104 Å². The van der Waals surface area contributed by atoms with Gasteiger partial charge in [0.05, 0.1) is 12.0 Å². The van der Waals surface area contributed by atoms with E-state index in [2.05, 4.69) is 15.3 Å². The number of fused-ring (bicyclic) bond motifs is 1. The van der Waals surface area contributed by atoms with Crippen molar-refractivity contribution in [2.75, 3.05) is 5.32 Å². The number of nitrogens with one attached hydrogen (secondary N) is 1. The molecule has 0 saturated heterocycles. The molecular formula is C20H20N6O3S. The molecule has 4 rings (SSSR count). The minimum absolute atomic E-state index is 0.123. The molecule has 0 fully saturated rings. The van der Waals surface area contributed by atoms with Crippen molar-refractivity contribution in [2.45, 2.75) is 20.4 Å². The highest BCUT2D eigenvalue weighted by Gasteiger charge is 2.17. The van der Waals surface area contributed by atoms with Gasteiger partial charge in [-0.15, -0.1) is 11.3 Å². The van der Waals surface area contributed by atoms with Gasteiger partial charge < -0.3 is 9.88 Å². The third-order valence-electron chi connectivity index (χ3n) is 4.90. The van der Waals surface area contributed by atoms with Crippen LogP contribution in [-0.4, -0.2) is 29.6 Å². The van der Waals surface area contributed by atoms with Gasteiger partial charge in [-0.3, -0.25) is 18.7 Å². The minimum Gasteiger partial charge on any atom is -0.315 e. The maximum atomic E-state index is 12.6. The molecule has 1 N–H and O–H groups in total. The zero-order valence-corrected chi connectivity index (χ0v) is 17.8.